The van der Waals surface area contributed by atoms with E-state index in [4.69, 9.17) is 30.5 Å². The third kappa shape index (κ3) is 3.76. The Morgan fingerprint density at radius 3 is 2.56 bits per heavy atom. The van der Waals surface area contributed by atoms with E-state index < -0.39 is 0 Å². The molecule has 0 radical (unpaired) electrons. The minimum absolute atomic E-state index is 0.221. The molecule has 27 heavy (non-hydrogen) atoms. The lowest BCUT2D eigenvalue weighted by molar-refractivity contribution is 0.0938. The van der Waals surface area contributed by atoms with Crippen LogP contribution in [0.5, 0.6) is 23.0 Å². The Balaban J connectivity index is 1.51. The maximum atomic E-state index is 12.7. The van der Waals surface area contributed by atoms with Crippen molar-refractivity contribution in [2.24, 2.45) is 0 Å². The largest absolute Gasteiger partial charge is 0.490 e. The average molecular weight is 390 g/mol. The molecule has 2 aromatic rings. The van der Waals surface area contributed by atoms with E-state index in [0.29, 0.717) is 54.3 Å². The number of nitrogens with one attached hydrogen (secondary N) is 1. The molecule has 1 unspecified atom stereocenters. The SMILES string of the molecule is CC(NC(=O)c1cc(Cl)c2c(c1)OCCO2)c1ccc2c(c1)OCCCO2. The molecule has 0 spiro atoms. The van der Waals surface area contributed by atoms with Crippen LogP contribution >= 0.6 is 11.6 Å². The smallest absolute Gasteiger partial charge is 0.251 e. The molecule has 6 nitrogen and oxygen atoms in total. The number of fused-ring (bicyclic) bond motifs is 2. The fraction of sp³-hybridized carbons (Fsp3) is 0.350. The molecule has 142 valence electrons. The van der Waals surface area contributed by atoms with Crippen molar-refractivity contribution >= 4 is 17.5 Å². The zero-order chi connectivity index (χ0) is 18.8. The van der Waals surface area contributed by atoms with Crippen LogP contribution in [0.1, 0.15) is 35.3 Å². The number of ether oxygens (including phenoxy) is 4. The number of amides is 1. The predicted molar refractivity (Wildman–Crippen MR) is 100 cm³/mol. The van der Waals surface area contributed by atoms with Crippen LogP contribution in [0.15, 0.2) is 30.3 Å². The van der Waals surface area contributed by atoms with Gasteiger partial charge >= 0.3 is 0 Å². The van der Waals surface area contributed by atoms with Gasteiger partial charge in [0, 0.05) is 12.0 Å². The molecule has 1 N–H and O–H groups in total. The van der Waals surface area contributed by atoms with E-state index >= 15 is 0 Å². The van der Waals surface area contributed by atoms with Crippen molar-refractivity contribution in [2.75, 3.05) is 26.4 Å². The third-order valence-corrected chi connectivity index (χ3v) is 4.76. The lowest BCUT2D eigenvalue weighted by atomic mass is 10.1. The van der Waals surface area contributed by atoms with Crippen LogP contribution < -0.4 is 24.3 Å². The standard InChI is InChI=1S/C20H20ClNO5/c1-12(13-3-4-16-17(10-13)25-6-2-5-24-16)22-20(23)14-9-15(21)19-18(11-14)26-7-8-27-19/h3-4,9-12H,2,5-8H2,1H3,(H,22,23). The molecule has 1 amide bonds. The molecule has 0 bridgehead atoms. The normalized spacial score (nSPS) is 16.2. The Morgan fingerprint density at radius 1 is 0.963 bits per heavy atom. The quantitative estimate of drug-likeness (QED) is 0.865. The molecule has 2 heterocycles. The minimum atomic E-state index is -0.242. The molecule has 1 atom stereocenters. The minimum Gasteiger partial charge on any atom is -0.490 e. The third-order valence-electron chi connectivity index (χ3n) is 4.48. The Bertz CT molecular complexity index is 870. The molecule has 2 aliphatic heterocycles. The van der Waals surface area contributed by atoms with Gasteiger partial charge in [-0.2, -0.15) is 0 Å². The molecular weight excluding hydrogens is 370 g/mol. The summed E-state index contributed by atoms with van der Waals surface area (Å²) in [6.07, 6.45) is 0.848. The Kier molecular flexibility index (Phi) is 4.99. The van der Waals surface area contributed by atoms with Gasteiger partial charge in [-0.15, -0.1) is 0 Å². The van der Waals surface area contributed by atoms with E-state index in [9.17, 15) is 4.79 Å². The van der Waals surface area contributed by atoms with Crippen LogP contribution in [0.25, 0.3) is 0 Å². The summed E-state index contributed by atoms with van der Waals surface area (Å²) in [5.41, 5.74) is 1.35. The van der Waals surface area contributed by atoms with Crippen LogP contribution in [-0.4, -0.2) is 32.3 Å². The van der Waals surface area contributed by atoms with Crippen LogP contribution in [0.3, 0.4) is 0 Å². The topological polar surface area (TPSA) is 66.0 Å². The zero-order valence-electron chi connectivity index (χ0n) is 14.9. The Hall–Kier alpha value is -2.60. The van der Waals surface area contributed by atoms with Gasteiger partial charge in [0.1, 0.15) is 13.2 Å². The number of carbonyl (C=O) groups excluding carboxylic acids is 1. The number of benzene rings is 2. The molecule has 7 heteroatoms. The highest BCUT2D eigenvalue weighted by molar-refractivity contribution is 6.32. The second-order valence-corrected chi connectivity index (χ2v) is 6.84. The zero-order valence-corrected chi connectivity index (χ0v) is 15.7. The van der Waals surface area contributed by atoms with Crippen LogP contribution in [-0.2, 0) is 0 Å². The second-order valence-electron chi connectivity index (χ2n) is 6.43. The van der Waals surface area contributed by atoms with Crippen LogP contribution in [0, 0.1) is 0 Å². The first-order valence-corrected chi connectivity index (χ1v) is 9.29. The maximum Gasteiger partial charge on any atom is 0.251 e. The van der Waals surface area contributed by atoms with Gasteiger partial charge in [-0.3, -0.25) is 4.79 Å². The second kappa shape index (κ2) is 7.56. The average Bonchev–Trinajstić information content (AvgIpc) is 2.92. The van der Waals surface area contributed by atoms with Crippen molar-refractivity contribution in [1.29, 1.82) is 0 Å². The highest BCUT2D eigenvalue weighted by Gasteiger charge is 2.21. The monoisotopic (exact) mass is 389 g/mol. The van der Waals surface area contributed by atoms with Gasteiger partial charge in [0.15, 0.2) is 23.0 Å². The van der Waals surface area contributed by atoms with E-state index in [1.54, 1.807) is 12.1 Å². The number of rotatable bonds is 3. The molecular formula is C20H20ClNO5. The van der Waals surface area contributed by atoms with Gasteiger partial charge in [0.25, 0.3) is 5.91 Å². The van der Waals surface area contributed by atoms with Crippen molar-refractivity contribution in [3.8, 4) is 23.0 Å². The number of carbonyl (C=O) groups is 1. The van der Waals surface area contributed by atoms with Crippen molar-refractivity contribution in [1.82, 2.24) is 5.32 Å². The van der Waals surface area contributed by atoms with E-state index in [2.05, 4.69) is 5.32 Å². The summed E-state index contributed by atoms with van der Waals surface area (Å²) in [5, 5.41) is 3.34. The van der Waals surface area contributed by atoms with Gasteiger partial charge < -0.3 is 24.3 Å². The van der Waals surface area contributed by atoms with E-state index in [-0.39, 0.29) is 11.9 Å². The summed E-state index contributed by atoms with van der Waals surface area (Å²) >= 11 is 6.22. The highest BCUT2D eigenvalue weighted by Crippen LogP contribution is 2.38. The van der Waals surface area contributed by atoms with E-state index in [0.717, 1.165) is 17.7 Å². The summed E-state index contributed by atoms with van der Waals surface area (Å²) < 4.78 is 22.4. The molecule has 0 fully saturated rings. The van der Waals surface area contributed by atoms with Crippen molar-refractivity contribution in [3.63, 3.8) is 0 Å². The summed E-state index contributed by atoms with van der Waals surface area (Å²) in [6.45, 7) is 4.05. The molecule has 2 aliphatic rings. The van der Waals surface area contributed by atoms with Gasteiger partial charge in [0.2, 0.25) is 0 Å². The first-order chi connectivity index (χ1) is 13.1. The maximum absolute atomic E-state index is 12.7. The fourth-order valence-electron chi connectivity index (χ4n) is 3.05. The Labute approximate surface area is 162 Å². The molecule has 0 aromatic heterocycles. The van der Waals surface area contributed by atoms with Crippen molar-refractivity contribution in [3.05, 3.63) is 46.5 Å². The lowest BCUT2D eigenvalue weighted by Gasteiger charge is -2.21. The van der Waals surface area contributed by atoms with Gasteiger partial charge in [-0.25, -0.2) is 0 Å². The number of halogens is 1. The fourth-order valence-corrected chi connectivity index (χ4v) is 3.32. The van der Waals surface area contributed by atoms with Gasteiger partial charge in [-0.05, 0) is 36.8 Å². The van der Waals surface area contributed by atoms with E-state index in [1.165, 1.54) is 0 Å². The van der Waals surface area contributed by atoms with Gasteiger partial charge in [-0.1, -0.05) is 17.7 Å². The van der Waals surface area contributed by atoms with Gasteiger partial charge in [0.05, 0.1) is 24.3 Å². The van der Waals surface area contributed by atoms with Crippen LogP contribution in [0.2, 0.25) is 5.02 Å². The molecule has 0 aliphatic carbocycles. The summed E-state index contributed by atoms with van der Waals surface area (Å²) in [7, 11) is 0. The molecule has 0 saturated carbocycles. The first kappa shape index (κ1) is 17.8. The molecule has 0 saturated heterocycles. The molecule has 4 rings (SSSR count). The number of hydrogen-bond acceptors (Lipinski definition) is 5. The summed E-state index contributed by atoms with van der Waals surface area (Å²) in [4.78, 5) is 12.7. The first-order valence-electron chi connectivity index (χ1n) is 8.91. The van der Waals surface area contributed by atoms with Crippen molar-refractivity contribution in [2.45, 2.75) is 19.4 Å². The summed E-state index contributed by atoms with van der Waals surface area (Å²) in [6, 6.07) is 8.72. The van der Waals surface area contributed by atoms with E-state index in [1.807, 2.05) is 25.1 Å². The predicted octanol–water partition coefficient (Wildman–Crippen LogP) is 3.76. The van der Waals surface area contributed by atoms with Crippen molar-refractivity contribution < 1.29 is 23.7 Å². The van der Waals surface area contributed by atoms with Crippen LogP contribution in [0.4, 0.5) is 0 Å². The lowest BCUT2D eigenvalue weighted by Crippen LogP contribution is -2.27. The Morgan fingerprint density at radius 2 is 1.70 bits per heavy atom. The molecule has 2 aromatic carbocycles. The summed E-state index contributed by atoms with van der Waals surface area (Å²) in [5.74, 6) is 2.16. The highest BCUT2D eigenvalue weighted by atomic mass is 35.5. The number of hydrogen-bond donors (Lipinski definition) is 1.